The number of rotatable bonds is 2. The van der Waals surface area contributed by atoms with Crippen LogP contribution in [0.2, 0.25) is 0 Å². The second-order valence-electron chi connectivity index (χ2n) is 4.82. The third-order valence-corrected chi connectivity index (χ3v) is 3.70. The van der Waals surface area contributed by atoms with Crippen LogP contribution in [0.3, 0.4) is 0 Å². The molecule has 2 aliphatic rings. The molecule has 0 radical (unpaired) electrons. The molecule has 0 amide bonds. The zero-order chi connectivity index (χ0) is 11.7. The van der Waals surface area contributed by atoms with E-state index in [-0.39, 0.29) is 5.82 Å². The van der Waals surface area contributed by atoms with Gasteiger partial charge in [0.2, 0.25) is 0 Å². The molecule has 1 aromatic carbocycles. The van der Waals surface area contributed by atoms with Crippen molar-refractivity contribution in [2.24, 2.45) is 0 Å². The SMILES string of the molecule is Fc1cccc(N2CC(N3CCNCC3)C2)c1. The Hall–Kier alpha value is -1.13. The lowest BCUT2D eigenvalue weighted by Crippen LogP contribution is -2.62. The summed E-state index contributed by atoms with van der Waals surface area (Å²) in [6.07, 6.45) is 0. The molecule has 2 fully saturated rings. The van der Waals surface area contributed by atoms with E-state index in [0.29, 0.717) is 6.04 Å². The largest absolute Gasteiger partial charge is 0.368 e. The van der Waals surface area contributed by atoms with Gasteiger partial charge in [0.25, 0.3) is 0 Å². The number of anilines is 1. The first kappa shape index (κ1) is 11.0. The molecule has 2 saturated heterocycles. The van der Waals surface area contributed by atoms with Gasteiger partial charge < -0.3 is 10.2 Å². The topological polar surface area (TPSA) is 18.5 Å². The molecular weight excluding hydrogens is 217 g/mol. The van der Waals surface area contributed by atoms with E-state index in [1.54, 1.807) is 12.1 Å². The van der Waals surface area contributed by atoms with Gasteiger partial charge in [-0.15, -0.1) is 0 Å². The molecule has 0 aromatic heterocycles. The number of nitrogens with zero attached hydrogens (tertiary/aromatic N) is 2. The maximum Gasteiger partial charge on any atom is 0.125 e. The van der Waals surface area contributed by atoms with E-state index >= 15 is 0 Å². The normalized spacial score (nSPS) is 22.5. The average Bonchev–Trinajstić information content (AvgIpc) is 2.28. The van der Waals surface area contributed by atoms with Gasteiger partial charge in [0.1, 0.15) is 5.82 Å². The van der Waals surface area contributed by atoms with Crippen molar-refractivity contribution in [3.8, 4) is 0 Å². The van der Waals surface area contributed by atoms with Gasteiger partial charge in [0.05, 0.1) is 0 Å². The predicted octanol–water partition coefficient (Wildman–Crippen LogP) is 0.919. The van der Waals surface area contributed by atoms with Crippen molar-refractivity contribution in [2.45, 2.75) is 6.04 Å². The van der Waals surface area contributed by atoms with Gasteiger partial charge in [0, 0.05) is 51.0 Å². The molecule has 1 aromatic rings. The van der Waals surface area contributed by atoms with Crippen LogP contribution in [0.1, 0.15) is 0 Å². The van der Waals surface area contributed by atoms with E-state index in [0.717, 1.165) is 45.0 Å². The van der Waals surface area contributed by atoms with Crippen LogP contribution in [0.5, 0.6) is 0 Å². The van der Waals surface area contributed by atoms with E-state index in [9.17, 15) is 4.39 Å². The summed E-state index contributed by atoms with van der Waals surface area (Å²) in [6.45, 7) is 6.53. The molecule has 0 spiro atoms. The van der Waals surface area contributed by atoms with Gasteiger partial charge in [0.15, 0.2) is 0 Å². The summed E-state index contributed by atoms with van der Waals surface area (Å²) in [5, 5.41) is 3.36. The highest BCUT2D eigenvalue weighted by atomic mass is 19.1. The van der Waals surface area contributed by atoms with Crippen LogP contribution in [0.25, 0.3) is 0 Å². The number of hydrogen-bond acceptors (Lipinski definition) is 3. The smallest absolute Gasteiger partial charge is 0.125 e. The van der Waals surface area contributed by atoms with Crippen LogP contribution in [-0.4, -0.2) is 50.2 Å². The van der Waals surface area contributed by atoms with Gasteiger partial charge >= 0.3 is 0 Å². The number of benzene rings is 1. The summed E-state index contributed by atoms with van der Waals surface area (Å²) in [5.41, 5.74) is 1.01. The van der Waals surface area contributed by atoms with Crippen molar-refractivity contribution in [3.05, 3.63) is 30.1 Å². The van der Waals surface area contributed by atoms with Gasteiger partial charge in [-0.3, -0.25) is 4.90 Å². The van der Waals surface area contributed by atoms with Gasteiger partial charge in [-0.1, -0.05) is 6.07 Å². The molecule has 1 N–H and O–H groups in total. The second-order valence-corrected chi connectivity index (χ2v) is 4.82. The zero-order valence-electron chi connectivity index (χ0n) is 9.90. The van der Waals surface area contributed by atoms with E-state index in [1.165, 1.54) is 6.07 Å². The van der Waals surface area contributed by atoms with Crippen LogP contribution in [-0.2, 0) is 0 Å². The monoisotopic (exact) mass is 235 g/mol. The maximum absolute atomic E-state index is 13.1. The summed E-state index contributed by atoms with van der Waals surface area (Å²) in [4.78, 5) is 4.78. The van der Waals surface area contributed by atoms with Crippen molar-refractivity contribution in [1.82, 2.24) is 10.2 Å². The highest BCUT2D eigenvalue weighted by Gasteiger charge is 2.32. The first-order chi connectivity index (χ1) is 8.33. The highest BCUT2D eigenvalue weighted by molar-refractivity contribution is 5.49. The molecular formula is C13H18FN3. The van der Waals surface area contributed by atoms with E-state index in [1.807, 2.05) is 6.07 Å². The number of hydrogen-bond donors (Lipinski definition) is 1. The third-order valence-electron chi connectivity index (χ3n) is 3.70. The summed E-state index contributed by atoms with van der Waals surface area (Å²) in [5.74, 6) is -0.145. The Morgan fingerprint density at radius 2 is 1.94 bits per heavy atom. The molecule has 0 unspecified atom stereocenters. The highest BCUT2D eigenvalue weighted by Crippen LogP contribution is 2.24. The standard InChI is InChI=1S/C13H18FN3/c14-11-2-1-3-12(8-11)17-9-13(10-17)16-6-4-15-5-7-16/h1-3,8,13,15H,4-7,9-10H2. The molecule has 0 atom stereocenters. The average molecular weight is 235 g/mol. The number of nitrogens with one attached hydrogen (secondary N) is 1. The molecule has 4 heteroatoms. The van der Waals surface area contributed by atoms with E-state index in [4.69, 9.17) is 0 Å². The minimum atomic E-state index is -0.145. The molecule has 2 heterocycles. The molecule has 92 valence electrons. The quantitative estimate of drug-likeness (QED) is 0.822. The molecule has 0 aliphatic carbocycles. The van der Waals surface area contributed by atoms with Crippen molar-refractivity contribution >= 4 is 5.69 Å². The summed E-state index contributed by atoms with van der Waals surface area (Å²) < 4.78 is 13.1. The molecule has 17 heavy (non-hydrogen) atoms. The fraction of sp³-hybridized carbons (Fsp3) is 0.538. The first-order valence-electron chi connectivity index (χ1n) is 6.28. The van der Waals surface area contributed by atoms with Gasteiger partial charge in [-0.25, -0.2) is 4.39 Å². The fourth-order valence-electron chi connectivity index (χ4n) is 2.62. The van der Waals surface area contributed by atoms with E-state index < -0.39 is 0 Å². The Morgan fingerprint density at radius 1 is 1.18 bits per heavy atom. The molecule has 0 bridgehead atoms. The number of halogens is 1. The van der Waals surface area contributed by atoms with Crippen LogP contribution < -0.4 is 10.2 Å². The van der Waals surface area contributed by atoms with Crippen molar-refractivity contribution in [1.29, 1.82) is 0 Å². The Labute approximate surface area is 101 Å². The van der Waals surface area contributed by atoms with E-state index in [2.05, 4.69) is 15.1 Å². The van der Waals surface area contributed by atoms with Gasteiger partial charge in [-0.2, -0.15) is 0 Å². The predicted molar refractivity (Wildman–Crippen MR) is 66.8 cm³/mol. The Bertz CT molecular complexity index is 384. The Balaban J connectivity index is 1.57. The van der Waals surface area contributed by atoms with Crippen molar-refractivity contribution < 1.29 is 4.39 Å². The summed E-state index contributed by atoms with van der Waals surface area (Å²) in [7, 11) is 0. The van der Waals surface area contributed by atoms with Crippen LogP contribution in [0, 0.1) is 5.82 Å². The number of piperazine rings is 1. The van der Waals surface area contributed by atoms with Crippen molar-refractivity contribution in [2.75, 3.05) is 44.2 Å². The van der Waals surface area contributed by atoms with Gasteiger partial charge in [-0.05, 0) is 18.2 Å². The second kappa shape index (κ2) is 4.63. The molecule has 2 aliphatic heterocycles. The molecule has 0 saturated carbocycles. The van der Waals surface area contributed by atoms with Crippen LogP contribution in [0.4, 0.5) is 10.1 Å². The zero-order valence-corrected chi connectivity index (χ0v) is 9.90. The lowest BCUT2D eigenvalue weighted by molar-refractivity contribution is 0.147. The Morgan fingerprint density at radius 3 is 2.65 bits per heavy atom. The lowest BCUT2D eigenvalue weighted by atomic mass is 10.0. The minimum Gasteiger partial charge on any atom is -0.368 e. The Kier molecular flexibility index (Phi) is 2.99. The molecule has 3 rings (SSSR count). The van der Waals surface area contributed by atoms with Crippen molar-refractivity contribution in [3.63, 3.8) is 0 Å². The summed E-state index contributed by atoms with van der Waals surface area (Å²) >= 11 is 0. The minimum absolute atomic E-state index is 0.145. The fourth-order valence-corrected chi connectivity index (χ4v) is 2.62. The molecule has 3 nitrogen and oxygen atoms in total. The summed E-state index contributed by atoms with van der Waals surface area (Å²) in [6, 6.07) is 7.53. The third kappa shape index (κ3) is 2.28. The first-order valence-corrected chi connectivity index (χ1v) is 6.28. The van der Waals surface area contributed by atoms with Crippen LogP contribution >= 0.6 is 0 Å². The maximum atomic E-state index is 13.1. The lowest BCUT2D eigenvalue weighted by Gasteiger charge is -2.48. The van der Waals surface area contributed by atoms with Crippen LogP contribution in [0.15, 0.2) is 24.3 Å².